The van der Waals surface area contributed by atoms with Crippen molar-refractivity contribution in [2.45, 2.75) is 12.3 Å². The first-order valence-electron chi connectivity index (χ1n) is 7.51. The average molecular weight is 296 g/mol. The van der Waals surface area contributed by atoms with Crippen LogP contribution in [0.15, 0.2) is 54.6 Å². The third-order valence-electron chi connectivity index (χ3n) is 4.07. The van der Waals surface area contributed by atoms with E-state index in [1.807, 2.05) is 47.4 Å². The number of hydrogen-bond donors (Lipinski definition) is 1. The number of nitrogens with zero attached hydrogens (tertiary/aromatic N) is 1. The van der Waals surface area contributed by atoms with Gasteiger partial charge in [-0.25, -0.2) is 4.79 Å². The maximum atomic E-state index is 12.4. The minimum Gasteiger partial charge on any atom is -0.497 e. The molecule has 0 bridgehead atoms. The SMILES string of the molecule is COc1cccc(NC(=O)N2CCC(c3ccccc3)C2)c1. The molecular formula is C18H20N2O2. The molecule has 1 aliphatic heterocycles. The Labute approximate surface area is 130 Å². The lowest BCUT2D eigenvalue weighted by molar-refractivity contribution is 0.222. The minimum atomic E-state index is -0.0494. The molecule has 0 aliphatic carbocycles. The number of rotatable bonds is 3. The van der Waals surface area contributed by atoms with Crippen LogP contribution >= 0.6 is 0 Å². The summed E-state index contributed by atoms with van der Waals surface area (Å²) in [4.78, 5) is 14.2. The highest BCUT2D eigenvalue weighted by Gasteiger charge is 2.27. The molecule has 2 amide bonds. The van der Waals surface area contributed by atoms with Crippen LogP contribution < -0.4 is 10.1 Å². The zero-order valence-corrected chi connectivity index (χ0v) is 12.7. The Kier molecular flexibility index (Phi) is 4.28. The lowest BCUT2D eigenvalue weighted by Gasteiger charge is -2.18. The number of anilines is 1. The van der Waals surface area contributed by atoms with Gasteiger partial charge >= 0.3 is 6.03 Å². The molecule has 1 fully saturated rings. The summed E-state index contributed by atoms with van der Waals surface area (Å²) in [5.41, 5.74) is 2.06. The summed E-state index contributed by atoms with van der Waals surface area (Å²) < 4.78 is 5.17. The van der Waals surface area contributed by atoms with Crippen molar-refractivity contribution in [1.82, 2.24) is 4.90 Å². The van der Waals surface area contributed by atoms with Crippen LogP contribution in [0.1, 0.15) is 17.9 Å². The van der Waals surface area contributed by atoms with Crippen LogP contribution in [-0.2, 0) is 0 Å². The van der Waals surface area contributed by atoms with Crippen molar-refractivity contribution >= 4 is 11.7 Å². The molecule has 0 spiro atoms. The Morgan fingerprint density at radius 2 is 2.00 bits per heavy atom. The van der Waals surface area contributed by atoms with Gasteiger partial charge in [0, 0.05) is 30.8 Å². The van der Waals surface area contributed by atoms with Crippen LogP contribution in [0.5, 0.6) is 5.75 Å². The van der Waals surface area contributed by atoms with E-state index in [1.54, 1.807) is 7.11 Å². The van der Waals surface area contributed by atoms with Crippen LogP contribution in [0, 0.1) is 0 Å². The third kappa shape index (κ3) is 3.22. The Hall–Kier alpha value is -2.49. The zero-order chi connectivity index (χ0) is 15.4. The molecule has 22 heavy (non-hydrogen) atoms. The van der Waals surface area contributed by atoms with Crippen molar-refractivity contribution < 1.29 is 9.53 Å². The number of hydrogen-bond acceptors (Lipinski definition) is 2. The monoisotopic (exact) mass is 296 g/mol. The molecule has 1 saturated heterocycles. The zero-order valence-electron chi connectivity index (χ0n) is 12.7. The lowest BCUT2D eigenvalue weighted by atomic mass is 9.99. The first-order valence-corrected chi connectivity index (χ1v) is 7.51. The first-order chi connectivity index (χ1) is 10.8. The molecule has 0 radical (unpaired) electrons. The number of carbonyl (C=O) groups is 1. The van der Waals surface area contributed by atoms with Crippen molar-refractivity contribution in [3.8, 4) is 5.75 Å². The maximum absolute atomic E-state index is 12.4. The van der Waals surface area contributed by atoms with Crippen molar-refractivity contribution in [2.75, 3.05) is 25.5 Å². The summed E-state index contributed by atoms with van der Waals surface area (Å²) in [6, 6.07) is 17.7. The largest absolute Gasteiger partial charge is 0.497 e. The topological polar surface area (TPSA) is 41.6 Å². The van der Waals surface area contributed by atoms with E-state index in [0.717, 1.165) is 30.9 Å². The number of ether oxygens (including phenoxy) is 1. The van der Waals surface area contributed by atoms with E-state index in [2.05, 4.69) is 17.4 Å². The molecule has 1 aliphatic rings. The Morgan fingerprint density at radius 3 is 2.77 bits per heavy atom. The second-order valence-electron chi connectivity index (χ2n) is 5.50. The third-order valence-corrected chi connectivity index (χ3v) is 4.07. The van der Waals surface area contributed by atoms with E-state index in [4.69, 9.17) is 4.74 Å². The average Bonchev–Trinajstić information content (AvgIpc) is 3.06. The molecule has 4 nitrogen and oxygen atoms in total. The molecule has 0 aromatic heterocycles. The molecule has 1 atom stereocenters. The van der Waals surface area contributed by atoms with E-state index in [0.29, 0.717) is 5.92 Å². The van der Waals surface area contributed by atoms with Gasteiger partial charge in [-0.3, -0.25) is 0 Å². The van der Waals surface area contributed by atoms with Gasteiger partial charge in [-0.1, -0.05) is 36.4 Å². The van der Waals surface area contributed by atoms with Gasteiger partial charge in [-0.2, -0.15) is 0 Å². The van der Waals surface area contributed by atoms with Crippen LogP contribution in [0.3, 0.4) is 0 Å². The van der Waals surface area contributed by atoms with Crippen LogP contribution in [-0.4, -0.2) is 31.1 Å². The highest BCUT2D eigenvalue weighted by atomic mass is 16.5. The van der Waals surface area contributed by atoms with E-state index in [-0.39, 0.29) is 6.03 Å². The fraction of sp³-hybridized carbons (Fsp3) is 0.278. The number of methoxy groups -OCH3 is 1. The van der Waals surface area contributed by atoms with Crippen molar-refractivity contribution in [3.63, 3.8) is 0 Å². The smallest absolute Gasteiger partial charge is 0.321 e. The van der Waals surface area contributed by atoms with Gasteiger partial charge in [0.25, 0.3) is 0 Å². The molecule has 114 valence electrons. The van der Waals surface area contributed by atoms with Gasteiger partial charge in [0.1, 0.15) is 5.75 Å². The minimum absolute atomic E-state index is 0.0494. The molecule has 1 heterocycles. The highest BCUT2D eigenvalue weighted by Crippen LogP contribution is 2.27. The molecule has 0 saturated carbocycles. The van der Waals surface area contributed by atoms with Crippen molar-refractivity contribution in [1.29, 1.82) is 0 Å². The van der Waals surface area contributed by atoms with Crippen LogP contribution in [0.25, 0.3) is 0 Å². The number of amides is 2. The molecule has 1 N–H and O–H groups in total. The molecule has 3 rings (SSSR count). The summed E-state index contributed by atoms with van der Waals surface area (Å²) >= 11 is 0. The number of likely N-dealkylation sites (tertiary alicyclic amines) is 1. The lowest BCUT2D eigenvalue weighted by Crippen LogP contribution is -2.32. The van der Waals surface area contributed by atoms with Crippen LogP contribution in [0.4, 0.5) is 10.5 Å². The van der Waals surface area contributed by atoms with Gasteiger partial charge < -0.3 is 15.0 Å². The van der Waals surface area contributed by atoms with E-state index in [9.17, 15) is 4.79 Å². The molecular weight excluding hydrogens is 276 g/mol. The standard InChI is InChI=1S/C18H20N2O2/c1-22-17-9-5-8-16(12-17)19-18(21)20-11-10-15(13-20)14-6-3-2-4-7-14/h2-9,12,15H,10-11,13H2,1H3,(H,19,21). The predicted octanol–water partition coefficient (Wildman–Crippen LogP) is 3.72. The van der Waals surface area contributed by atoms with E-state index >= 15 is 0 Å². The molecule has 2 aromatic carbocycles. The number of nitrogens with one attached hydrogen (secondary N) is 1. The fourth-order valence-electron chi connectivity index (χ4n) is 2.85. The predicted molar refractivity (Wildman–Crippen MR) is 87.4 cm³/mol. The number of urea groups is 1. The van der Waals surface area contributed by atoms with Crippen molar-refractivity contribution in [2.24, 2.45) is 0 Å². The second-order valence-corrected chi connectivity index (χ2v) is 5.50. The normalized spacial score (nSPS) is 17.3. The van der Waals surface area contributed by atoms with Crippen molar-refractivity contribution in [3.05, 3.63) is 60.2 Å². The second kappa shape index (κ2) is 6.52. The summed E-state index contributed by atoms with van der Waals surface area (Å²) in [6.07, 6.45) is 1.01. The molecule has 4 heteroatoms. The maximum Gasteiger partial charge on any atom is 0.321 e. The van der Waals surface area contributed by atoms with Gasteiger partial charge in [-0.05, 0) is 24.1 Å². The van der Waals surface area contributed by atoms with Crippen LogP contribution in [0.2, 0.25) is 0 Å². The van der Waals surface area contributed by atoms with Gasteiger partial charge in [-0.15, -0.1) is 0 Å². The van der Waals surface area contributed by atoms with E-state index in [1.165, 1.54) is 5.56 Å². The highest BCUT2D eigenvalue weighted by molar-refractivity contribution is 5.89. The fourth-order valence-corrected chi connectivity index (χ4v) is 2.85. The summed E-state index contributed by atoms with van der Waals surface area (Å²) in [6.45, 7) is 1.55. The van der Waals surface area contributed by atoms with Gasteiger partial charge in [0.2, 0.25) is 0 Å². The molecule has 2 aromatic rings. The summed E-state index contributed by atoms with van der Waals surface area (Å²) in [5.74, 6) is 1.17. The summed E-state index contributed by atoms with van der Waals surface area (Å²) in [5, 5.41) is 2.94. The number of benzene rings is 2. The Bertz CT molecular complexity index is 643. The Balaban J connectivity index is 1.62. The van der Waals surface area contributed by atoms with Gasteiger partial charge in [0.05, 0.1) is 7.11 Å². The van der Waals surface area contributed by atoms with E-state index < -0.39 is 0 Å². The molecule has 1 unspecified atom stereocenters. The van der Waals surface area contributed by atoms with Gasteiger partial charge in [0.15, 0.2) is 0 Å². The quantitative estimate of drug-likeness (QED) is 0.938. The Morgan fingerprint density at radius 1 is 1.18 bits per heavy atom. The summed E-state index contributed by atoms with van der Waals surface area (Å²) in [7, 11) is 1.62. The first kappa shape index (κ1) is 14.4. The number of carbonyl (C=O) groups excluding carboxylic acids is 1.